The minimum absolute atomic E-state index is 1.03. The normalized spacial score (nSPS) is 11.7. The molecular weight excluding hydrogens is 328 g/mol. The highest BCUT2D eigenvalue weighted by Crippen LogP contribution is 2.35. The molecule has 0 saturated heterocycles. The maximum Gasteiger partial charge on any atom is 0.145 e. The molecule has 0 aliphatic rings. The second-order valence-electron chi connectivity index (χ2n) is 7.61. The first-order valence-corrected chi connectivity index (χ1v) is 9.42. The Morgan fingerprint density at radius 1 is 0.741 bits per heavy atom. The van der Waals surface area contributed by atoms with Crippen LogP contribution in [0.4, 0.5) is 0 Å². The van der Waals surface area contributed by atoms with E-state index in [4.69, 9.17) is 4.98 Å². The van der Waals surface area contributed by atoms with E-state index in [0.717, 1.165) is 11.3 Å². The molecule has 2 heterocycles. The third-order valence-corrected chi connectivity index (χ3v) is 5.60. The van der Waals surface area contributed by atoms with Crippen molar-refractivity contribution in [3.05, 3.63) is 83.0 Å². The topological polar surface area (TPSA) is 17.3 Å². The molecular formula is C25H22N2. The van der Waals surface area contributed by atoms with Gasteiger partial charge in [-0.1, -0.05) is 54.1 Å². The first-order valence-electron chi connectivity index (χ1n) is 9.42. The molecule has 2 aromatic heterocycles. The number of imidazole rings is 1. The van der Waals surface area contributed by atoms with Gasteiger partial charge in [-0.3, -0.25) is 4.40 Å². The fourth-order valence-corrected chi connectivity index (χ4v) is 4.41. The van der Waals surface area contributed by atoms with Crippen LogP contribution >= 0.6 is 0 Å². The van der Waals surface area contributed by atoms with E-state index < -0.39 is 0 Å². The van der Waals surface area contributed by atoms with Crippen molar-refractivity contribution in [3.63, 3.8) is 0 Å². The maximum absolute atomic E-state index is 5.09. The summed E-state index contributed by atoms with van der Waals surface area (Å²) in [5.74, 6) is 0. The molecule has 0 saturated carbocycles. The summed E-state index contributed by atoms with van der Waals surface area (Å²) in [4.78, 5) is 5.09. The fraction of sp³-hybridized carbons (Fsp3) is 0.160. The van der Waals surface area contributed by atoms with Gasteiger partial charge in [0.1, 0.15) is 5.65 Å². The van der Waals surface area contributed by atoms with Crippen LogP contribution in [0.25, 0.3) is 38.6 Å². The molecule has 5 aromatic rings. The lowest BCUT2D eigenvalue weighted by atomic mass is 9.98. The lowest BCUT2D eigenvalue weighted by molar-refractivity contribution is 1.24. The van der Waals surface area contributed by atoms with E-state index in [1.807, 2.05) is 0 Å². The summed E-state index contributed by atoms with van der Waals surface area (Å²) in [6, 6.07) is 19.6. The average molecular weight is 350 g/mol. The second-order valence-corrected chi connectivity index (χ2v) is 7.61. The summed E-state index contributed by atoms with van der Waals surface area (Å²) in [5, 5.41) is 3.84. The van der Waals surface area contributed by atoms with Crippen LogP contribution in [0.3, 0.4) is 0 Å². The van der Waals surface area contributed by atoms with Crippen LogP contribution in [-0.2, 0) is 0 Å². The minimum atomic E-state index is 1.03. The molecule has 5 rings (SSSR count). The molecule has 0 aliphatic carbocycles. The van der Waals surface area contributed by atoms with Crippen LogP contribution in [0.5, 0.6) is 0 Å². The number of fused-ring (bicyclic) bond motifs is 6. The van der Waals surface area contributed by atoms with Gasteiger partial charge >= 0.3 is 0 Å². The van der Waals surface area contributed by atoms with E-state index >= 15 is 0 Å². The highest BCUT2D eigenvalue weighted by atomic mass is 15.0. The van der Waals surface area contributed by atoms with Crippen molar-refractivity contribution in [1.29, 1.82) is 0 Å². The van der Waals surface area contributed by atoms with Crippen molar-refractivity contribution >= 4 is 27.3 Å². The lowest BCUT2D eigenvalue weighted by Crippen LogP contribution is -1.95. The summed E-state index contributed by atoms with van der Waals surface area (Å²) in [6.45, 7) is 8.72. The summed E-state index contributed by atoms with van der Waals surface area (Å²) < 4.78 is 2.29. The zero-order valence-corrected chi connectivity index (χ0v) is 16.2. The number of hydrogen-bond acceptors (Lipinski definition) is 1. The molecule has 27 heavy (non-hydrogen) atoms. The molecule has 0 spiro atoms. The zero-order chi connectivity index (χ0) is 18.7. The predicted octanol–water partition coefficient (Wildman–Crippen LogP) is 6.54. The maximum atomic E-state index is 5.09. The van der Waals surface area contributed by atoms with Crippen molar-refractivity contribution in [2.75, 3.05) is 0 Å². The first-order chi connectivity index (χ1) is 13.0. The predicted molar refractivity (Wildman–Crippen MR) is 115 cm³/mol. The fourth-order valence-electron chi connectivity index (χ4n) is 4.41. The van der Waals surface area contributed by atoms with Crippen LogP contribution < -0.4 is 0 Å². The van der Waals surface area contributed by atoms with Crippen molar-refractivity contribution in [1.82, 2.24) is 9.38 Å². The zero-order valence-electron chi connectivity index (χ0n) is 16.2. The Kier molecular flexibility index (Phi) is 3.38. The van der Waals surface area contributed by atoms with E-state index in [1.165, 1.54) is 49.5 Å². The van der Waals surface area contributed by atoms with Crippen LogP contribution in [-0.4, -0.2) is 9.38 Å². The van der Waals surface area contributed by atoms with Gasteiger partial charge in [0.25, 0.3) is 0 Å². The number of aryl methyl sites for hydroxylation is 4. The SMILES string of the molecule is Cc1cc(C)c2c(c1)c1c(C)cccc1c1nc(-c3ccccc3C)cn12. The van der Waals surface area contributed by atoms with Gasteiger partial charge in [0.05, 0.1) is 11.2 Å². The Hall–Kier alpha value is -3.13. The van der Waals surface area contributed by atoms with Crippen molar-refractivity contribution in [2.45, 2.75) is 27.7 Å². The van der Waals surface area contributed by atoms with Crippen molar-refractivity contribution in [3.8, 4) is 11.3 Å². The van der Waals surface area contributed by atoms with Gasteiger partial charge in [-0.25, -0.2) is 4.98 Å². The Bertz CT molecular complexity index is 1360. The number of aromatic nitrogens is 2. The second kappa shape index (κ2) is 5.68. The van der Waals surface area contributed by atoms with Crippen LogP contribution in [0, 0.1) is 27.7 Å². The molecule has 3 aromatic carbocycles. The smallest absolute Gasteiger partial charge is 0.145 e. The first kappa shape index (κ1) is 16.1. The molecule has 0 radical (unpaired) electrons. The Morgan fingerprint density at radius 2 is 1.52 bits per heavy atom. The average Bonchev–Trinajstić information content (AvgIpc) is 3.06. The molecule has 0 bridgehead atoms. The number of rotatable bonds is 1. The molecule has 0 unspecified atom stereocenters. The molecule has 0 N–H and O–H groups in total. The Labute approximate surface area is 159 Å². The molecule has 0 aliphatic heterocycles. The van der Waals surface area contributed by atoms with E-state index in [-0.39, 0.29) is 0 Å². The third kappa shape index (κ3) is 2.30. The van der Waals surface area contributed by atoms with E-state index in [1.54, 1.807) is 0 Å². The van der Waals surface area contributed by atoms with Gasteiger partial charge in [-0.05, 0) is 55.8 Å². The largest absolute Gasteiger partial charge is 0.298 e. The molecule has 0 amide bonds. The molecule has 0 fully saturated rings. The van der Waals surface area contributed by atoms with Gasteiger partial charge in [0.15, 0.2) is 0 Å². The summed E-state index contributed by atoms with van der Waals surface area (Å²) >= 11 is 0. The van der Waals surface area contributed by atoms with Gasteiger partial charge in [0, 0.05) is 22.5 Å². The number of hydrogen-bond donors (Lipinski definition) is 0. The van der Waals surface area contributed by atoms with Gasteiger partial charge in [0.2, 0.25) is 0 Å². The summed E-state index contributed by atoms with van der Waals surface area (Å²) in [5.41, 5.74) is 9.64. The number of pyridine rings is 1. The summed E-state index contributed by atoms with van der Waals surface area (Å²) in [6.07, 6.45) is 2.20. The van der Waals surface area contributed by atoms with Crippen molar-refractivity contribution in [2.24, 2.45) is 0 Å². The monoisotopic (exact) mass is 350 g/mol. The molecule has 2 nitrogen and oxygen atoms in total. The molecule has 132 valence electrons. The van der Waals surface area contributed by atoms with Crippen molar-refractivity contribution < 1.29 is 0 Å². The van der Waals surface area contributed by atoms with Crippen LogP contribution in [0.15, 0.2) is 60.8 Å². The molecule has 2 heteroatoms. The Morgan fingerprint density at radius 3 is 2.33 bits per heavy atom. The Balaban J connectivity index is 2.03. The number of benzene rings is 3. The van der Waals surface area contributed by atoms with Gasteiger partial charge < -0.3 is 0 Å². The highest BCUT2D eigenvalue weighted by molar-refractivity contribution is 6.14. The van der Waals surface area contributed by atoms with E-state index in [9.17, 15) is 0 Å². The van der Waals surface area contributed by atoms with Crippen LogP contribution in [0.2, 0.25) is 0 Å². The minimum Gasteiger partial charge on any atom is -0.298 e. The summed E-state index contributed by atoms with van der Waals surface area (Å²) in [7, 11) is 0. The number of nitrogens with zero attached hydrogens (tertiary/aromatic N) is 2. The van der Waals surface area contributed by atoms with Gasteiger partial charge in [-0.2, -0.15) is 0 Å². The lowest BCUT2D eigenvalue weighted by Gasteiger charge is -2.13. The van der Waals surface area contributed by atoms with E-state index in [0.29, 0.717) is 0 Å². The van der Waals surface area contributed by atoms with Gasteiger partial charge in [-0.15, -0.1) is 0 Å². The highest BCUT2D eigenvalue weighted by Gasteiger charge is 2.16. The standard InChI is InChI=1S/C25H22N2/c1-15-12-18(4)24-21(13-15)23-17(3)9-7-11-20(23)25-26-22(14-27(24)25)19-10-6-5-8-16(19)2/h5-14H,1-4H3. The molecule has 0 atom stereocenters. The van der Waals surface area contributed by atoms with Crippen LogP contribution in [0.1, 0.15) is 22.3 Å². The third-order valence-electron chi connectivity index (χ3n) is 5.60. The van der Waals surface area contributed by atoms with E-state index in [2.05, 4.69) is 92.9 Å². The quantitative estimate of drug-likeness (QED) is 0.314.